The van der Waals surface area contributed by atoms with Gasteiger partial charge in [0.2, 0.25) is 6.79 Å². The van der Waals surface area contributed by atoms with Crippen LogP contribution in [0.4, 0.5) is 13.2 Å². The SMILES string of the molecule is COc1cc2c3c(c1O)CN(C)CC3Cc1cc3c(cc1-2)OCO3.O=C(O)C(F)(F)F. The zero-order valence-corrected chi connectivity index (χ0v) is 16.7. The molecule has 2 aliphatic heterocycles. The van der Waals surface area contributed by atoms with Gasteiger partial charge in [-0.25, -0.2) is 4.79 Å². The summed E-state index contributed by atoms with van der Waals surface area (Å²) in [5.41, 5.74) is 5.84. The van der Waals surface area contributed by atoms with E-state index in [1.807, 2.05) is 6.07 Å². The van der Waals surface area contributed by atoms with E-state index in [-0.39, 0.29) is 12.5 Å². The van der Waals surface area contributed by atoms with Crippen molar-refractivity contribution in [1.82, 2.24) is 4.90 Å². The lowest BCUT2D eigenvalue weighted by Crippen LogP contribution is -2.33. The van der Waals surface area contributed by atoms with Gasteiger partial charge in [-0.15, -0.1) is 0 Å². The van der Waals surface area contributed by atoms with Crippen LogP contribution in [0.3, 0.4) is 0 Å². The summed E-state index contributed by atoms with van der Waals surface area (Å²) in [5, 5.41) is 17.7. The minimum Gasteiger partial charge on any atom is -0.504 e. The van der Waals surface area contributed by atoms with Crippen molar-refractivity contribution >= 4 is 5.97 Å². The van der Waals surface area contributed by atoms with Crippen LogP contribution in [0.1, 0.15) is 22.6 Å². The standard InChI is InChI=1S/C19H19NO4.C2HF3O2/c1-20-7-11-3-10-4-15-16(24-9-23-15)5-12(10)13-6-17(22-2)19(21)14(8-20)18(11)13;3-2(4,5)1(6)7/h4-6,11,21H,3,7-9H2,1-2H3;(H,6,7). The number of aromatic hydroxyl groups is 1. The number of fused-ring (bicyclic) bond motifs is 3. The maximum absolute atomic E-state index is 10.6. The fourth-order valence-electron chi connectivity index (χ4n) is 4.36. The smallest absolute Gasteiger partial charge is 0.490 e. The molecule has 0 saturated carbocycles. The molecular weight excluding hydrogens is 419 g/mol. The number of nitrogens with zero attached hydrogens (tertiary/aromatic N) is 1. The van der Waals surface area contributed by atoms with E-state index in [9.17, 15) is 18.3 Å². The number of likely N-dealkylation sites (N-methyl/N-ethyl adjacent to an activating group) is 1. The summed E-state index contributed by atoms with van der Waals surface area (Å²) < 4.78 is 48.3. The number of hydrogen-bond acceptors (Lipinski definition) is 6. The van der Waals surface area contributed by atoms with Crippen LogP contribution in [-0.2, 0) is 17.8 Å². The molecule has 10 heteroatoms. The molecule has 2 heterocycles. The molecule has 2 aromatic carbocycles. The minimum absolute atomic E-state index is 0.275. The molecule has 7 nitrogen and oxygen atoms in total. The predicted octanol–water partition coefficient (Wildman–Crippen LogP) is 3.51. The highest BCUT2D eigenvalue weighted by Gasteiger charge is 2.38. The Kier molecular flexibility index (Phi) is 5.12. The highest BCUT2D eigenvalue weighted by atomic mass is 19.4. The number of alkyl halides is 3. The molecule has 1 atom stereocenters. The first-order valence-corrected chi connectivity index (χ1v) is 9.44. The molecular formula is C21H20F3NO6. The Labute approximate surface area is 175 Å². The van der Waals surface area contributed by atoms with Crippen molar-refractivity contribution in [3.8, 4) is 34.1 Å². The lowest BCUT2D eigenvalue weighted by atomic mass is 9.74. The molecule has 166 valence electrons. The summed E-state index contributed by atoms with van der Waals surface area (Å²) in [4.78, 5) is 11.2. The number of ether oxygens (including phenoxy) is 3. The first-order valence-electron chi connectivity index (χ1n) is 9.44. The molecule has 0 amide bonds. The van der Waals surface area contributed by atoms with Crippen molar-refractivity contribution in [2.75, 3.05) is 27.5 Å². The molecule has 3 aliphatic rings. The van der Waals surface area contributed by atoms with Gasteiger partial charge in [0.1, 0.15) is 0 Å². The van der Waals surface area contributed by atoms with E-state index in [1.54, 1.807) is 7.11 Å². The Bertz CT molecular complexity index is 1050. The highest BCUT2D eigenvalue weighted by molar-refractivity contribution is 5.81. The Hall–Kier alpha value is -3.14. The van der Waals surface area contributed by atoms with Gasteiger partial charge >= 0.3 is 12.1 Å². The first kappa shape index (κ1) is 21.1. The molecule has 5 rings (SSSR count). The Morgan fingerprint density at radius 3 is 2.45 bits per heavy atom. The van der Waals surface area contributed by atoms with E-state index >= 15 is 0 Å². The number of halogens is 3. The Morgan fingerprint density at radius 2 is 1.84 bits per heavy atom. The number of aliphatic carboxylic acids is 1. The molecule has 31 heavy (non-hydrogen) atoms. The molecule has 0 bridgehead atoms. The molecule has 1 aliphatic carbocycles. The number of carboxylic acid groups (broad SMARTS) is 1. The van der Waals surface area contributed by atoms with Gasteiger partial charge in [0.05, 0.1) is 7.11 Å². The summed E-state index contributed by atoms with van der Waals surface area (Å²) in [6, 6.07) is 6.14. The number of phenolic OH excluding ortho intramolecular Hbond substituents is 1. The van der Waals surface area contributed by atoms with E-state index in [4.69, 9.17) is 24.1 Å². The van der Waals surface area contributed by atoms with E-state index < -0.39 is 12.1 Å². The van der Waals surface area contributed by atoms with Gasteiger partial charge in [0, 0.05) is 24.6 Å². The monoisotopic (exact) mass is 439 g/mol. The second kappa shape index (κ2) is 7.52. The van der Waals surface area contributed by atoms with Crippen LogP contribution in [0, 0.1) is 0 Å². The number of rotatable bonds is 1. The lowest BCUT2D eigenvalue weighted by molar-refractivity contribution is -0.192. The summed E-state index contributed by atoms with van der Waals surface area (Å²) >= 11 is 0. The molecule has 2 aromatic rings. The molecule has 1 unspecified atom stereocenters. The molecule has 0 radical (unpaired) electrons. The Morgan fingerprint density at radius 1 is 1.19 bits per heavy atom. The number of benzene rings is 2. The fourth-order valence-corrected chi connectivity index (χ4v) is 4.36. The molecule has 2 N–H and O–H groups in total. The van der Waals surface area contributed by atoms with Crippen molar-refractivity contribution in [2.45, 2.75) is 25.1 Å². The maximum Gasteiger partial charge on any atom is 0.490 e. The number of phenols is 1. The quantitative estimate of drug-likeness (QED) is 0.703. The maximum atomic E-state index is 10.6. The summed E-state index contributed by atoms with van der Waals surface area (Å²) in [5.74, 6) is 0.0412. The van der Waals surface area contributed by atoms with Crippen LogP contribution in [-0.4, -0.2) is 54.8 Å². The summed E-state index contributed by atoms with van der Waals surface area (Å²) in [6.45, 7) is 2.00. The third-order valence-corrected chi connectivity index (χ3v) is 5.60. The highest BCUT2D eigenvalue weighted by Crippen LogP contribution is 2.52. The zero-order chi connectivity index (χ0) is 22.5. The average Bonchev–Trinajstić information content (AvgIpc) is 3.15. The van der Waals surface area contributed by atoms with E-state index in [1.165, 1.54) is 11.1 Å². The largest absolute Gasteiger partial charge is 0.504 e. The van der Waals surface area contributed by atoms with Crippen LogP contribution < -0.4 is 14.2 Å². The van der Waals surface area contributed by atoms with Gasteiger partial charge in [0.15, 0.2) is 23.0 Å². The second-order valence-electron chi connectivity index (χ2n) is 7.63. The van der Waals surface area contributed by atoms with Crippen LogP contribution in [0.15, 0.2) is 18.2 Å². The normalized spacial score (nSPS) is 18.4. The lowest BCUT2D eigenvalue weighted by Gasteiger charge is -2.38. The molecule has 0 saturated heterocycles. The summed E-state index contributed by atoms with van der Waals surface area (Å²) in [7, 11) is 3.69. The summed E-state index contributed by atoms with van der Waals surface area (Å²) in [6.07, 6.45) is -4.14. The van der Waals surface area contributed by atoms with Crippen molar-refractivity contribution < 1.29 is 42.4 Å². The second-order valence-corrected chi connectivity index (χ2v) is 7.63. The zero-order valence-electron chi connectivity index (χ0n) is 16.7. The number of carbonyl (C=O) groups is 1. The van der Waals surface area contributed by atoms with Crippen molar-refractivity contribution in [3.05, 3.63) is 34.9 Å². The van der Waals surface area contributed by atoms with Gasteiger partial charge in [-0.3, -0.25) is 0 Å². The van der Waals surface area contributed by atoms with Crippen molar-refractivity contribution in [3.63, 3.8) is 0 Å². The van der Waals surface area contributed by atoms with Gasteiger partial charge in [-0.05, 0) is 53.9 Å². The van der Waals surface area contributed by atoms with Crippen LogP contribution in [0.2, 0.25) is 0 Å². The third kappa shape index (κ3) is 3.71. The molecule has 0 spiro atoms. The first-order chi connectivity index (χ1) is 14.6. The third-order valence-electron chi connectivity index (χ3n) is 5.60. The van der Waals surface area contributed by atoms with Gasteiger partial charge in [-0.1, -0.05) is 0 Å². The fraction of sp³-hybridized carbons (Fsp3) is 0.381. The van der Waals surface area contributed by atoms with E-state index in [2.05, 4.69) is 24.1 Å². The van der Waals surface area contributed by atoms with E-state index in [0.717, 1.165) is 47.7 Å². The van der Waals surface area contributed by atoms with E-state index in [0.29, 0.717) is 11.7 Å². The number of hydrogen-bond donors (Lipinski definition) is 2. The molecule has 0 aromatic heterocycles. The van der Waals surface area contributed by atoms with Crippen molar-refractivity contribution in [2.24, 2.45) is 0 Å². The van der Waals surface area contributed by atoms with Gasteiger partial charge in [0.25, 0.3) is 0 Å². The Balaban J connectivity index is 0.000000289. The van der Waals surface area contributed by atoms with Crippen LogP contribution in [0.5, 0.6) is 23.0 Å². The van der Waals surface area contributed by atoms with Crippen molar-refractivity contribution in [1.29, 1.82) is 0 Å². The topological polar surface area (TPSA) is 88.5 Å². The van der Waals surface area contributed by atoms with Crippen LogP contribution in [0.25, 0.3) is 11.1 Å². The van der Waals surface area contributed by atoms with Gasteiger partial charge in [-0.2, -0.15) is 13.2 Å². The number of carboxylic acids is 1. The average molecular weight is 439 g/mol. The minimum atomic E-state index is -5.08. The predicted molar refractivity (Wildman–Crippen MR) is 103 cm³/mol. The molecule has 0 fully saturated rings. The van der Waals surface area contributed by atoms with Gasteiger partial charge < -0.3 is 29.3 Å². The number of methoxy groups -OCH3 is 1. The van der Waals surface area contributed by atoms with Crippen LogP contribution >= 0.6 is 0 Å².